The SMILES string of the molecule is O=C(NC[C@H]1CCCNC1)c1ccc(C2C[C@H]2C(=O)Nc2ccc3cnccc3c2)cc1. The molecular weight excluding hydrogens is 400 g/mol. The molecule has 6 heteroatoms. The number of fused-ring (bicyclic) bond motifs is 1. The summed E-state index contributed by atoms with van der Waals surface area (Å²) in [6.45, 7) is 2.76. The van der Waals surface area contributed by atoms with Gasteiger partial charge in [0, 0.05) is 41.5 Å². The minimum atomic E-state index is -0.0290. The van der Waals surface area contributed by atoms with Crippen molar-refractivity contribution in [3.63, 3.8) is 0 Å². The van der Waals surface area contributed by atoms with E-state index in [9.17, 15) is 9.59 Å². The normalized spacial score (nSPS) is 22.3. The molecule has 3 atom stereocenters. The molecule has 2 fully saturated rings. The highest BCUT2D eigenvalue weighted by Gasteiger charge is 2.43. The lowest BCUT2D eigenvalue weighted by Gasteiger charge is -2.22. The van der Waals surface area contributed by atoms with Crippen molar-refractivity contribution in [2.24, 2.45) is 11.8 Å². The molecule has 1 saturated heterocycles. The van der Waals surface area contributed by atoms with Gasteiger partial charge >= 0.3 is 0 Å². The molecule has 0 radical (unpaired) electrons. The number of hydrogen-bond donors (Lipinski definition) is 3. The Bertz CT molecular complexity index is 1120. The first-order valence-corrected chi connectivity index (χ1v) is 11.4. The maximum Gasteiger partial charge on any atom is 0.251 e. The van der Waals surface area contributed by atoms with Crippen molar-refractivity contribution >= 4 is 28.3 Å². The van der Waals surface area contributed by atoms with E-state index in [0.717, 1.165) is 48.0 Å². The van der Waals surface area contributed by atoms with E-state index >= 15 is 0 Å². The lowest BCUT2D eigenvalue weighted by Crippen LogP contribution is -2.38. The number of carbonyl (C=O) groups is 2. The predicted octanol–water partition coefficient (Wildman–Crippen LogP) is 3.71. The van der Waals surface area contributed by atoms with Crippen LogP contribution in [0.1, 0.15) is 41.1 Å². The van der Waals surface area contributed by atoms with Crippen molar-refractivity contribution in [2.75, 3.05) is 25.0 Å². The fraction of sp³-hybridized carbons (Fsp3) is 0.346. The van der Waals surface area contributed by atoms with Gasteiger partial charge in [0.15, 0.2) is 0 Å². The second kappa shape index (κ2) is 9.09. The van der Waals surface area contributed by atoms with Gasteiger partial charge in [-0.3, -0.25) is 14.6 Å². The van der Waals surface area contributed by atoms with Gasteiger partial charge in [0.1, 0.15) is 0 Å². The van der Waals surface area contributed by atoms with Crippen LogP contribution in [0, 0.1) is 11.8 Å². The maximum absolute atomic E-state index is 12.7. The molecule has 0 bridgehead atoms. The second-order valence-corrected chi connectivity index (χ2v) is 8.92. The van der Waals surface area contributed by atoms with E-state index in [-0.39, 0.29) is 23.7 Å². The molecule has 164 valence electrons. The van der Waals surface area contributed by atoms with E-state index < -0.39 is 0 Å². The van der Waals surface area contributed by atoms with Gasteiger partial charge in [0.25, 0.3) is 5.91 Å². The molecule has 0 spiro atoms. The van der Waals surface area contributed by atoms with Crippen molar-refractivity contribution in [1.29, 1.82) is 0 Å². The monoisotopic (exact) mass is 428 g/mol. The first-order chi connectivity index (χ1) is 15.7. The molecule has 2 heterocycles. The molecule has 2 aliphatic rings. The summed E-state index contributed by atoms with van der Waals surface area (Å²) in [6.07, 6.45) is 6.73. The molecule has 32 heavy (non-hydrogen) atoms. The summed E-state index contributed by atoms with van der Waals surface area (Å²) in [4.78, 5) is 29.3. The van der Waals surface area contributed by atoms with Crippen LogP contribution < -0.4 is 16.0 Å². The summed E-state index contributed by atoms with van der Waals surface area (Å²) in [5.41, 5.74) is 2.59. The standard InChI is InChI=1S/C26H28N4O2/c31-25(29-15-17-2-1-10-27-14-17)19-5-3-18(4-6-19)23-13-24(23)26(32)30-22-8-7-21-16-28-11-9-20(21)12-22/h3-9,11-12,16-17,23-24,27H,1-2,10,13-15H2,(H,29,31)(H,30,32)/t17-,23?,24+/m0/s1. The zero-order valence-electron chi connectivity index (χ0n) is 18.0. The number of nitrogens with zero attached hydrogens (tertiary/aromatic N) is 1. The van der Waals surface area contributed by atoms with E-state index in [1.807, 2.05) is 54.7 Å². The van der Waals surface area contributed by atoms with E-state index in [4.69, 9.17) is 0 Å². The fourth-order valence-corrected chi connectivity index (χ4v) is 4.57. The average Bonchev–Trinajstić information content (AvgIpc) is 3.64. The Balaban J connectivity index is 1.14. The highest BCUT2D eigenvalue weighted by molar-refractivity contribution is 5.97. The van der Waals surface area contributed by atoms with Gasteiger partial charge in [-0.05, 0) is 85.5 Å². The van der Waals surface area contributed by atoms with Crippen LogP contribution in [0.5, 0.6) is 0 Å². The van der Waals surface area contributed by atoms with E-state index in [0.29, 0.717) is 18.0 Å². The Morgan fingerprint density at radius 2 is 1.94 bits per heavy atom. The zero-order valence-corrected chi connectivity index (χ0v) is 18.0. The molecule has 5 rings (SSSR count). The number of aromatic nitrogens is 1. The number of anilines is 1. The van der Waals surface area contributed by atoms with E-state index in [1.165, 1.54) is 6.42 Å². The zero-order chi connectivity index (χ0) is 21.9. The molecule has 3 N–H and O–H groups in total. The number of hydrogen-bond acceptors (Lipinski definition) is 4. The van der Waals surface area contributed by atoms with Crippen LogP contribution in [0.15, 0.2) is 60.9 Å². The summed E-state index contributed by atoms with van der Waals surface area (Å²) in [7, 11) is 0. The number of carbonyl (C=O) groups excluding carboxylic acids is 2. The molecule has 2 amide bonds. The maximum atomic E-state index is 12.7. The lowest BCUT2D eigenvalue weighted by atomic mass is 9.99. The smallest absolute Gasteiger partial charge is 0.251 e. The van der Waals surface area contributed by atoms with Crippen LogP contribution in [0.2, 0.25) is 0 Å². The number of piperidine rings is 1. The van der Waals surface area contributed by atoms with Crippen molar-refractivity contribution in [1.82, 2.24) is 15.6 Å². The average molecular weight is 429 g/mol. The first kappa shape index (κ1) is 20.6. The molecule has 1 aromatic heterocycles. The van der Waals surface area contributed by atoms with Gasteiger partial charge in [-0.15, -0.1) is 0 Å². The summed E-state index contributed by atoms with van der Waals surface area (Å²) in [5.74, 6) is 0.716. The Labute approximate surface area is 187 Å². The number of amides is 2. The van der Waals surface area contributed by atoms with Gasteiger partial charge in [-0.1, -0.05) is 18.2 Å². The molecule has 3 aromatic rings. The van der Waals surface area contributed by atoms with Crippen LogP contribution in [0.25, 0.3) is 10.8 Å². The number of benzene rings is 2. The predicted molar refractivity (Wildman–Crippen MR) is 126 cm³/mol. The Hall–Kier alpha value is -3.25. The quantitative estimate of drug-likeness (QED) is 0.559. The van der Waals surface area contributed by atoms with Gasteiger partial charge in [-0.25, -0.2) is 0 Å². The third kappa shape index (κ3) is 4.65. The lowest BCUT2D eigenvalue weighted by molar-refractivity contribution is -0.117. The number of rotatable bonds is 6. The second-order valence-electron chi connectivity index (χ2n) is 8.92. The third-order valence-electron chi connectivity index (χ3n) is 6.59. The van der Waals surface area contributed by atoms with Crippen LogP contribution in [0.3, 0.4) is 0 Å². The Morgan fingerprint density at radius 3 is 2.75 bits per heavy atom. The molecule has 1 saturated carbocycles. The third-order valence-corrected chi connectivity index (χ3v) is 6.59. The minimum absolute atomic E-state index is 0.0263. The summed E-state index contributed by atoms with van der Waals surface area (Å²) in [5, 5.41) is 11.6. The molecular formula is C26H28N4O2. The van der Waals surface area contributed by atoms with Crippen LogP contribution in [-0.4, -0.2) is 36.4 Å². The fourth-order valence-electron chi connectivity index (χ4n) is 4.57. The van der Waals surface area contributed by atoms with Crippen LogP contribution >= 0.6 is 0 Å². The largest absolute Gasteiger partial charge is 0.352 e. The van der Waals surface area contributed by atoms with Gasteiger partial charge in [-0.2, -0.15) is 0 Å². The molecule has 2 aromatic carbocycles. The number of pyridine rings is 1. The van der Waals surface area contributed by atoms with Crippen molar-refractivity contribution < 1.29 is 9.59 Å². The van der Waals surface area contributed by atoms with E-state index in [2.05, 4.69) is 20.9 Å². The Kier molecular flexibility index (Phi) is 5.86. The molecule has 6 nitrogen and oxygen atoms in total. The van der Waals surface area contributed by atoms with Crippen LogP contribution in [-0.2, 0) is 4.79 Å². The Morgan fingerprint density at radius 1 is 1.06 bits per heavy atom. The topological polar surface area (TPSA) is 83.1 Å². The highest BCUT2D eigenvalue weighted by atomic mass is 16.2. The summed E-state index contributed by atoms with van der Waals surface area (Å²) >= 11 is 0. The summed E-state index contributed by atoms with van der Waals surface area (Å²) in [6, 6.07) is 15.5. The van der Waals surface area contributed by atoms with Gasteiger partial charge in [0.2, 0.25) is 5.91 Å². The van der Waals surface area contributed by atoms with Crippen LogP contribution in [0.4, 0.5) is 5.69 Å². The van der Waals surface area contributed by atoms with Gasteiger partial charge in [0.05, 0.1) is 0 Å². The molecule has 1 unspecified atom stereocenters. The molecule has 1 aliphatic heterocycles. The van der Waals surface area contributed by atoms with Gasteiger partial charge < -0.3 is 16.0 Å². The molecule has 1 aliphatic carbocycles. The van der Waals surface area contributed by atoms with E-state index in [1.54, 1.807) is 6.20 Å². The number of nitrogens with one attached hydrogen (secondary N) is 3. The minimum Gasteiger partial charge on any atom is -0.352 e. The summed E-state index contributed by atoms with van der Waals surface area (Å²) < 4.78 is 0. The van der Waals surface area contributed by atoms with Crippen molar-refractivity contribution in [3.8, 4) is 0 Å². The highest BCUT2D eigenvalue weighted by Crippen LogP contribution is 2.48. The van der Waals surface area contributed by atoms with Crippen molar-refractivity contribution in [3.05, 3.63) is 72.1 Å². The first-order valence-electron chi connectivity index (χ1n) is 11.4. The van der Waals surface area contributed by atoms with Crippen molar-refractivity contribution in [2.45, 2.75) is 25.2 Å².